The van der Waals surface area contributed by atoms with Gasteiger partial charge in [0.1, 0.15) is 5.82 Å². The SMILES string of the molecule is O=C(O)CCN(Cc1cccc(F)c1)c1ccccc1. The number of carbonyl (C=O) groups is 1. The molecule has 2 aromatic carbocycles. The minimum absolute atomic E-state index is 0.0458. The van der Waals surface area contributed by atoms with Crippen LogP contribution < -0.4 is 4.90 Å². The van der Waals surface area contributed by atoms with Gasteiger partial charge >= 0.3 is 5.97 Å². The zero-order valence-corrected chi connectivity index (χ0v) is 11.0. The molecule has 2 rings (SSSR count). The number of para-hydroxylation sites is 1. The second kappa shape index (κ2) is 6.70. The Kier molecular flexibility index (Phi) is 4.71. The summed E-state index contributed by atoms with van der Waals surface area (Å²) in [5, 5.41) is 8.83. The largest absolute Gasteiger partial charge is 0.481 e. The molecule has 20 heavy (non-hydrogen) atoms. The number of rotatable bonds is 6. The van der Waals surface area contributed by atoms with E-state index in [1.807, 2.05) is 41.3 Å². The van der Waals surface area contributed by atoms with Crippen LogP contribution in [-0.4, -0.2) is 17.6 Å². The second-order valence-corrected chi connectivity index (χ2v) is 4.53. The summed E-state index contributed by atoms with van der Waals surface area (Å²) < 4.78 is 13.2. The van der Waals surface area contributed by atoms with E-state index in [0.29, 0.717) is 13.1 Å². The molecule has 0 bridgehead atoms. The van der Waals surface area contributed by atoms with Crippen molar-refractivity contribution in [1.29, 1.82) is 0 Å². The van der Waals surface area contributed by atoms with Crippen molar-refractivity contribution < 1.29 is 14.3 Å². The van der Waals surface area contributed by atoms with Crippen LogP contribution in [0.4, 0.5) is 10.1 Å². The number of benzene rings is 2. The van der Waals surface area contributed by atoms with E-state index < -0.39 is 5.97 Å². The van der Waals surface area contributed by atoms with Gasteiger partial charge < -0.3 is 10.0 Å². The number of carboxylic acids is 1. The maximum Gasteiger partial charge on any atom is 0.305 e. The van der Waals surface area contributed by atoms with Gasteiger partial charge in [0, 0.05) is 18.8 Å². The number of anilines is 1. The van der Waals surface area contributed by atoms with Crippen molar-refractivity contribution in [3.8, 4) is 0 Å². The molecule has 104 valence electrons. The Balaban J connectivity index is 2.16. The van der Waals surface area contributed by atoms with Gasteiger partial charge in [0.05, 0.1) is 6.42 Å². The molecule has 0 aliphatic carbocycles. The topological polar surface area (TPSA) is 40.5 Å². The highest BCUT2D eigenvalue weighted by molar-refractivity contribution is 5.67. The van der Waals surface area contributed by atoms with Gasteiger partial charge in [-0.15, -0.1) is 0 Å². The Labute approximate surface area is 117 Å². The fourth-order valence-electron chi connectivity index (χ4n) is 2.02. The van der Waals surface area contributed by atoms with Crippen LogP contribution in [0.5, 0.6) is 0 Å². The first-order valence-corrected chi connectivity index (χ1v) is 6.41. The molecular weight excluding hydrogens is 257 g/mol. The Morgan fingerprint density at radius 3 is 2.50 bits per heavy atom. The van der Waals surface area contributed by atoms with E-state index in [-0.39, 0.29) is 12.2 Å². The third-order valence-electron chi connectivity index (χ3n) is 2.98. The van der Waals surface area contributed by atoms with Crippen LogP contribution in [0.25, 0.3) is 0 Å². The highest BCUT2D eigenvalue weighted by atomic mass is 19.1. The molecule has 0 saturated carbocycles. The van der Waals surface area contributed by atoms with Crippen LogP contribution in [0.3, 0.4) is 0 Å². The summed E-state index contributed by atoms with van der Waals surface area (Å²) in [5.74, 6) is -1.13. The molecule has 0 unspecified atom stereocenters. The van der Waals surface area contributed by atoms with E-state index in [0.717, 1.165) is 11.3 Å². The van der Waals surface area contributed by atoms with E-state index in [1.54, 1.807) is 6.07 Å². The van der Waals surface area contributed by atoms with Crippen LogP contribution in [0, 0.1) is 5.82 Å². The predicted molar refractivity (Wildman–Crippen MR) is 76.1 cm³/mol. The van der Waals surface area contributed by atoms with Gasteiger partial charge in [-0.25, -0.2) is 4.39 Å². The zero-order chi connectivity index (χ0) is 14.4. The van der Waals surface area contributed by atoms with Gasteiger partial charge in [-0.1, -0.05) is 30.3 Å². The molecule has 0 heterocycles. The molecule has 0 saturated heterocycles. The molecule has 0 aliphatic heterocycles. The molecular formula is C16H16FNO2. The lowest BCUT2D eigenvalue weighted by atomic mass is 10.2. The molecule has 2 aromatic rings. The Morgan fingerprint density at radius 1 is 1.10 bits per heavy atom. The molecule has 0 aliphatic rings. The minimum Gasteiger partial charge on any atom is -0.481 e. The van der Waals surface area contributed by atoms with Crippen molar-refractivity contribution in [2.75, 3.05) is 11.4 Å². The van der Waals surface area contributed by atoms with Crippen LogP contribution in [0.2, 0.25) is 0 Å². The molecule has 0 radical (unpaired) electrons. The second-order valence-electron chi connectivity index (χ2n) is 4.53. The molecule has 0 amide bonds. The first-order valence-electron chi connectivity index (χ1n) is 6.41. The lowest BCUT2D eigenvalue weighted by Gasteiger charge is -2.24. The van der Waals surface area contributed by atoms with E-state index >= 15 is 0 Å². The average molecular weight is 273 g/mol. The monoisotopic (exact) mass is 273 g/mol. The number of carboxylic acid groups (broad SMARTS) is 1. The molecule has 1 N–H and O–H groups in total. The molecule has 0 fully saturated rings. The molecule has 0 atom stereocenters. The average Bonchev–Trinajstić information content (AvgIpc) is 2.44. The van der Waals surface area contributed by atoms with Crippen molar-refractivity contribution in [3.05, 3.63) is 66.0 Å². The third-order valence-corrected chi connectivity index (χ3v) is 2.98. The fraction of sp³-hybridized carbons (Fsp3) is 0.188. The minimum atomic E-state index is -0.842. The number of nitrogens with zero attached hydrogens (tertiary/aromatic N) is 1. The van der Waals surface area contributed by atoms with Crippen molar-refractivity contribution in [3.63, 3.8) is 0 Å². The van der Waals surface area contributed by atoms with Crippen molar-refractivity contribution in [2.24, 2.45) is 0 Å². The number of hydrogen-bond acceptors (Lipinski definition) is 2. The molecule has 0 spiro atoms. The predicted octanol–water partition coefficient (Wildman–Crippen LogP) is 3.31. The lowest BCUT2D eigenvalue weighted by molar-refractivity contribution is -0.136. The summed E-state index contributed by atoms with van der Waals surface area (Å²) in [6.45, 7) is 0.866. The maximum absolute atomic E-state index is 13.2. The van der Waals surface area contributed by atoms with Gasteiger partial charge in [-0.3, -0.25) is 4.79 Å². The number of hydrogen-bond donors (Lipinski definition) is 1. The standard InChI is InChI=1S/C16H16FNO2/c17-14-6-4-5-13(11-14)12-18(10-9-16(19)20)15-7-2-1-3-8-15/h1-8,11H,9-10,12H2,(H,19,20). The summed E-state index contributed by atoms with van der Waals surface area (Å²) in [7, 11) is 0. The number of aliphatic carboxylic acids is 1. The van der Waals surface area contributed by atoms with Crippen LogP contribution in [0.1, 0.15) is 12.0 Å². The van der Waals surface area contributed by atoms with Crippen molar-refractivity contribution in [1.82, 2.24) is 0 Å². The van der Waals surface area contributed by atoms with E-state index in [2.05, 4.69) is 0 Å². The van der Waals surface area contributed by atoms with E-state index in [4.69, 9.17) is 5.11 Å². The molecule has 3 nitrogen and oxygen atoms in total. The highest BCUT2D eigenvalue weighted by Crippen LogP contribution is 2.17. The van der Waals surface area contributed by atoms with Gasteiger partial charge in [-0.05, 0) is 29.8 Å². The summed E-state index contributed by atoms with van der Waals surface area (Å²) in [4.78, 5) is 12.7. The first-order chi connectivity index (χ1) is 9.65. The van der Waals surface area contributed by atoms with Gasteiger partial charge in [-0.2, -0.15) is 0 Å². The normalized spacial score (nSPS) is 10.2. The summed E-state index contributed by atoms with van der Waals surface area (Å²) in [5.41, 5.74) is 1.75. The molecule has 4 heteroatoms. The van der Waals surface area contributed by atoms with Crippen LogP contribution in [0.15, 0.2) is 54.6 Å². The summed E-state index contributed by atoms with van der Waals surface area (Å²) >= 11 is 0. The van der Waals surface area contributed by atoms with Crippen molar-refractivity contribution >= 4 is 11.7 Å². The Morgan fingerprint density at radius 2 is 1.85 bits per heavy atom. The van der Waals surface area contributed by atoms with Crippen LogP contribution >= 0.6 is 0 Å². The highest BCUT2D eigenvalue weighted by Gasteiger charge is 2.09. The Hall–Kier alpha value is -2.36. The first kappa shape index (κ1) is 14.1. The van der Waals surface area contributed by atoms with Gasteiger partial charge in [0.25, 0.3) is 0 Å². The number of halogens is 1. The summed E-state index contributed by atoms with van der Waals surface area (Å²) in [6.07, 6.45) is 0.0458. The fourth-order valence-corrected chi connectivity index (χ4v) is 2.02. The lowest BCUT2D eigenvalue weighted by Crippen LogP contribution is -2.25. The van der Waals surface area contributed by atoms with Crippen LogP contribution in [-0.2, 0) is 11.3 Å². The van der Waals surface area contributed by atoms with Gasteiger partial charge in [0.15, 0.2) is 0 Å². The third kappa shape index (κ3) is 4.09. The van der Waals surface area contributed by atoms with Gasteiger partial charge in [0.2, 0.25) is 0 Å². The zero-order valence-electron chi connectivity index (χ0n) is 11.0. The quantitative estimate of drug-likeness (QED) is 0.877. The summed E-state index contributed by atoms with van der Waals surface area (Å²) in [6, 6.07) is 15.9. The van der Waals surface area contributed by atoms with E-state index in [1.165, 1.54) is 12.1 Å². The molecule has 0 aromatic heterocycles. The maximum atomic E-state index is 13.2. The van der Waals surface area contributed by atoms with Crippen molar-refractivity contribution in [2.45, 2.75) is 13.0 Å². The Bertz CT molecular complexity index is 572. The smallest absolute Gasteiger partial charge is 0.305 e. The van der Waals surface area contributed by atoms with E-state index in [9.17, 15) is 9.18 Å².